The van der Waals surface area contributed by atoms with Gasteiger partial charge in [-0.25, -0.2) is 14.4 Å². The van der Waals surface area contributed by atoms with Gasteiger partial charge in [0.25, 0.3) is 5.91 Å². The van der Waals surface area contributed by atoms with E-state index < -0.39 is 5.82 Å². The van der Waals surface area contributed by atoms with Crippen molar-refractivity contribution in [2.45, 2.75) is 27.2 Å². The molecule has 4 rings (SSSR count). The molecule has 0 atom stereocenters. The number of aromatic nitrogens is 2. The van der Waals surface area contributed by atoms with Gasteiger partial charge in [-0.15, -0.1) is 11.3 Å². The molecular formula is C22H22FN5OS. The molecule has 0 spiro atoms. The van der Waals surface area contributed by atoms with E-state index in [1.165, 1.54) is 17.4 Å². The molecule has 1 aromatic carbocycles. The molecule has 0 radical (unpaired) electrons. The van der Waals surface area contributed by atoms with Crippen LogP contribution in [-0.2, 0) is 6.42 Å². The molecule has 1 fully saturated rings. The first-order chi connectivity index (χ1) is 14.4. The Kier molecular flexibility index (Phi) is 5.39. The zero-order valence-electron chi connectivity index (χ0n) is 17.2. The molecule has 0 aliphatic carbocycles. The van der Waals surface area contributed by atoms with Crippen LogP contribution >= 0.6 is 11.3 Å². The van der Waals surface area contributed by atoms with E-state index in [4.69, 9.17) is 0 Å². The molecule has 1 aliphatic heterocycles. The lowest BCUT2D eigenvalue weighted by molar-refractivity contribution is 0.0751. The Hall–Kier alpha value is -3.05. The van der Waals surface area contributed by atoms with Crippen LogP contribution in [0.5, 0.6) is 0 Å². The van der Waals surface area contributed by atoms with Gasteiger partial charge in [0.2, 0.25) is 0 Å². The van der Waals surface area contributed by atoms with Crippen molar-refractivity contribution in [1.82, 2.24) is 14.9 Å². The summed E-state index contributed by atoms with van der Waals surface area (Å²) in [6.45, 7) is 8.05. The average molecular weight is 424 g/mol. The molecule has 154 valence electrons. The summed E-state index contributed by atoms with van der Waals surface area (Å²) in [7, 11) is 0. The molecule has 1 aliphatic rings. The highest BCUT2D eigenvalue weighted by Gasteiger charge is 2.27. The van der Waals surface area contributed by atoms with Gasteiger partial charge in [-0.3, -0.25) is 4.79 Å². The fraction of sp³-hybridized carbons (Fsp3) is 0.364. The average Bonchev–Trinajstić information content (AvgIpc) is 3.09. The third-order valence-electron chi connectivity index (χ3n) is 5.54. The highest BCUT2D eigenvalue weighted by molar-refractivity contribution is 7.20. The van der Waals surface area contributed by atoms with Crippen molar-refractivity contribution >= 4 is 33.1 Å². The van der Waals surface area contributed by atoms with Crippen molar-refractivity contribution in [3.63, 3.8) is 0 Å². The third kappa shape index (κ3) is 3.39. The second-order valence-corrected chi connectivity index (χ2v) is 8.34. The van der Waals surface area contributed by atoms with Gasteiger partial charge < -0.3 is 9.80 Å². The fourth-order valence-electron chi connectivity index (χ4n) is 3.94. The van der Waals surface area contributed by atoms with Crippen LogP contribution in [0.15, 0.2) is 18.2 Å². The van der Waals surface area contributed by atoms with E-state index in [0.29, 0.717) is 36.7 Å². The smallest absolute Gasteiger partial charge is 0.264 e. The fourth-order valence-corrected chi connectivity index (χ4v) is 5.16. The topological polar surface area (TPSA) is 73.1 Å². The highest BCUT2D eigenvalue weighted by atomic mass is 32.1. The number of nitrogens with zero attached hydrogens (tertiary/aromatic N) is 5. The molecule has 2 aromatic heterocycles. The Labute approximate surface area is 178 Å². The van der Waals surface area contributed by atoms with Crippen LogP contribution in [0.4, 0.5) is 10.1 Å². The quantitative estimate of drug-likeness (QED) is 0.640. The molecule has 1 amide bonds. The number of halogens is 1. The zero-order chi connectivity index (χ0) is 21.4. The number of carbonyl (C=O) groups is 1. The largest absolute Gasteiger partial charge is 0.367 e. The number of hydrogen-bond donors (Lipinski definition) is 0. The first kappa shape index (κ1) is 20.2. The maximum atomic E-state index is 13.9. The number of fused-ring (bicyclic) bond motifs is 1. The van der Waals surface area contributed by atoms with Crippen molar-refractivity contribution in [2.75, 3.05) is 31.1 Å². The number of aryl methyl sites for hydroxylation is 3. The molecule has 0 N–H and O–H groups in total. The maximum Gasteiger partial charge on any atom is 0.264 e. The number of benzene rings is 1. The lowest BCUT2D eigenvalue weighted by Gasteiger charge is -2.36. The Morgan fingerprint density at radius 2 is 1.97 bits per heavy atom. The number of nitriles is 1. The molecule has 1 saturated heterocycles. The first-order valence-electron chi connectivity index (χ1n) is 9.94. The van der Waals surface area contributed by atoms with Crippen LogP contribution in [0, 0.1) is 31.0 Å². The predicted molar refractivity (Wildman–Crippen MR) is 115 cm³/mol. The number of amides is 1. The molecule has 3 aromatic rings. The number of hydrogen-bond acceptors (Lipinski definition) is 6. The molecule has 0 bridgehead atoms. The Bertz CT molecular complexity index is 1170. The van der Waals surface area contributed by atoms with Gasteiger partial charge in [-0.2, -0.15) is 5.26 Å². The standard InChI is InChI=1S/C22H22FN5OS/c1-4-18-25-14(3)19-13(2)20(30-21(19)26-18)22(29)28-10-8-27(9-11-28)17-7-5-6-16(23)15(17)12-24/h5-7H,4,8-11H2,1-3H3. The predicted octanol–water partition coefficient (Wildman–Crippen LogP) is 3.84. The van der Waals surface area contributed by atoms with Gasteiger partial charge in [-0.05, 0) is 31.5 Å². The van der Waals surface area contributed by atoms with Gasteiger partial charge in [0.1, 0.15) is 28.1 Å². The van der Waals surface area contributed by atoms with E-state index in [-0.39, 0.29) is 11.5 Å². The van der Waals surface area contributed by atoms with E-state index in [0.717, 1.165) is 33.7 Å². The number of thiophene rings is 1. The zero-order valence-corrected chi connectivity index (χ0v) is 18.0. The SMILES string of the molecule is CCc1nc(C)c2c(C)c(C(=O)N3CCN(c4cccc(F)c4C#N)CC3)sc2n1. The Morgan fingerprint density at radius 1 is 1.23 bits per heavy atom. The van der Waals surface area contributed by atoms with Crippen LogP contribution in [0.2, 0.25) is 0 Å². The summed E-state index contributed by atoms with van der Waals surface area (Å²) in [6, 6.07) is 6.60. The molecule has 6 nitrogen and oxygen atoms in total. The summed E-state index contributed by atoms with van der Waals surface area (Å²) in [5.74, 6) is 0.266. The number of anilines is 1. The lowest BCUT2D eigenvalue weighted by atomic mass is 10.1. The molecule has 0 unspecified atom stereocenters. The number of rotatable bonds is 3. The lowest BCUT2D eigenvalue weighted by Crippen LogP contribution is -2.49. The number of carbonyl (C=O) groups excluding carboxylic acids is 1. The molecule has 3 heterocycles. The van der Waals surface area contributed by atoms with Gasteiger partial charge >= 0.3 is 0 Å². The van der Waals surface area contributed by atoms with Crippen LogP contribution in [0.3, 0.4) is 0 Å². The summed E-state index contributed by atoms with van der Waals surface area (Å²) in [5, 5.41) is 10.3. The van der Waals surface area contributed by atoms with Gasteiger partial charge in [0.05, 0.1) is 10.6 Å². The van der Waals surface area contributed by atoms with Crippen molar-refractivity contribution in [3.05, 3.63) is 51.5 Å². The highest BCUT2D eigenvalue weighted by Crippen LogP contribution is 2.33. The monoisotopic (exact) mass is 423 g/mol. The minimum Gasteiger partial charge on any atom is -0.367 e. The van der Waals surface area contributed by atoms with Gasteiger partial charge in [0, 0.05) is 43.7 Å². The van der Waals surface area contributed by atoms with E-state index in [1.807, 2.05) is 36.6 Å². The third-order valence-corrected chi connectivity index (χ3v) is 6.71. The summed E-state index contributed by atoms with van der Waals surface area (Å²) in [6.07, 6.45) is 0.754. The normalized spacial score (nSPS) is 14.2. The Morgan fingerprint density at radius 3 is 2.63 bits per heavy atom. The minimum atomic E-state index is -0.516. The van der Waals surface area contributed by atoms with Crippen molar-refractivity contribution in [2.24, 2.45) is 0 Å². The molecule has 8 heteroatoms. The van der Waals surface area contributed by atoms with Crippen LogP contribution in [-0.4, -0.2) is 47.0 Å². The summed E-state index contributed by atoms with van der Waals surface area (Å²) in [4.78, 5) is 27.7. The van der Waals surface area contributed by atoms with Crippen molar-refractivity contribution < 1.29 is 9.18 Å². The number of piperazine rings is 1. The van der Waals surface area contributed by atoms with E-state index in [2.05, 4.69) is 9.97 Å². The van der Waals surface area contributed by atoms with E-state index in [1.54, 1.807) is 12.1 Å². The van der Waals surface area contributed by atoms with Crippen molar-refractivity contribution in [3.8, 4) is 6.07 Å². The van der Waals surface area contributed by atoms with Crippen LogP contribution in [0.25, 0.3) is 10.2 Å². The van der Waals surface area contributed by atoms with E-state index >= 15 is 0 Å². The molecule has 0 saturated carbocycles. The molecule has 30 heavy (non-hydrogen) atoms. The Balaban J connectivity index is 1.56. The van der Waals surface area contributed by atoms with Crippen LogP contribution < -0.4 is 4.90 Å². The molecular weight excluding hydrogens is 401 g/mol. The summed E-state index contributed by atoms with van der Waals surface area (Å²) >= 11 is 1.43. The van der Waals surface area contributed by atoms with Gasteiger partial charge in [0.15, 0.2) is 0 Å². The van der Waals surface area contributed by atoms with Crippen LogP contribution in [0.1, 0.15) is 39.2 Å². The second kappa shape index (κ2) is 8.00. The minimum absolute atomic E-state index is 0.00709. The van der Waals surface area contributed by atoms with Crippen molar-refractivity contribution in [1.29, 1.82) is 5.26 Å². The van der Waals surface area contributed by atoms with Gasteiger partial charge in [-0.1, -0.05) is 13.0 Å². The second-order valence-electron chi connectivity index (χ2n) is 7.34. The summed E-state index contributed by atoms with van der Waals surface area (Å²) in [5.41, 5.74) is 2.48. The maximum absolute atomic E-state index is 13.9. The first-order valence-corrected chi connectivity index (χ1v) is 10.8. The van der Waals surface area contributed by atoms with E-state index in [9.17, 15) is 14.4 Å². The summed E-state index contributed by atoms with van der Waals surface area (Å²) < 4.78 is 13.9.